The summed E-state index contributed by atoms with van der Waals surface area (Å²) in [5.74, 6) is -0.432. The van der Waals surface area contributed by atoms with Crippen molar-refractivity contribution in [3.05, 3.63) is 11.4 Å². The van der Waals surface area contributed by atoms with Crippen molar-refractivity contribution in [3.63, 3.8) is 0 Å². The van der Waals surface area contributed by atoms with Crippen LogP contribution >= 0.6 is 12.4 Å². The number of carbonyl (C=O) groups excluding carboxylic acids is 1. The standard InChI is InChI=1S/C13H25N5O3S.ClH/c1-8-11(10(3)18(6)16-8)22(20,21)17-9(2)12(19)15-13(4,5)7-14;/h9,17H,7,14H2,1-6H3,(H,15,19);1H. The molecule has 1 amide bonds. The Morgan fingerprint density at radius 2 is 1.91 bits per heavy atom. The molecule has 1 unspecified atom stereocenters. The van der Waals surface area contributed by atoms with Crippen molar-refractivity contribution < 1.29 is 13.2 Å². The maximum atomic E-state index is 12.5. The summed E-state index contributed by atoms with van der Waals surface area (Å²) >= 11 is 0. The third-order valence-corrected chi connectivity index (χ3v) is 5.20. The highest BCUT2D eigenvalue weighted by Gasteiger charge is 2.29. The minimum absolute atomic E-state index is 0. The number of sulfonamides is 1. The highest BCUT2D eigenvalue weighted by molar-refractivity contribution is 7.89. The van der Waals surface area contributed by atoms with Crippen molar-refractivity contribution in [3.8, 4) is 0 Å². The van der Waals surface area contributed by atoms with E-state index in [1.54, 1.807) is 34.7 Å². The van der Waals surface area contributed by atoms with Gasteiger partial charge in [0.05, 0.1) is 17.4 Å². The average molecular weight is 368 g/mol. The van der Waals surface area contributed by atoms with Gasteiger partial charge < -0.3 is 11.1 Å². The highest BCUT2D eigenvalue weighted by atomic mass is 35.5. The molecule has 0 aromatic carbocycles. The van der Waals surface area contributed by atoms with E-state index in [2.05, 4.69) is 15.1 Å². The first-order valence-electron chi connectivity index (χ1n) is 6.96. The van der Waals surface area contributed by atoms with Crippen LogP contribution in [0.3, 0.4) is 0 Å². The topological polar surface area (TPSA) is 119 Å². The zero-order chi connectivity index (χ0) is 17.3. The van der Waals surface area contributed by atoms with Gasteiger partial charge in [0.1, 0.15) is 4.90 Å². The van der Waals surface area contributed by atoms with Crippen molar-refractivity contribution in [2.75, 3.05) is 6.54 Å². The van der Waals surface area contributed by atoms with E-state index in [4.69, 9.17) is 5.73 Å². The number of aryl methyl sites for hydroxylation is 2. The average Bonchev–Trinajstić information content (AvgIpc) is 2.62. The first kappa shape index (κ1) is 21.8. The Labute approximate surface area is 143 Å². The molecule has 0 saturated heterocycles. The second-order valence-electron chi connectivity index (χ2n) is 6.04. The largest absolute Gasteiger partial charge is 0.349 e. The first-order chi connectivity index (χ1) is 9.91. The molecule has 0 spiro atoms. The summed E-state index contributed by atoms with van der Waals surface area (Å²) in [5, 5.41) is 6.78. The molecule has 0 saturated carbocycles. The molecule has 0 aliphatic rings. The summed E-state index contributed by atoms with van der Waals surface area (Å²) in [4.78, 5) is 12.2. The molecular formula is C13H26ClN5O3S. The van der Waals surface area contributed by atoms with E-state index in [-0.39, 0.29) is 23.8 Å². The molecule has 10 heteroatoms. The van der Waals surface area contributed by atoms with Crippen LogP contribution in [0.25, 0.3) is 0 Å². The van der Waals surface area contributed by atoms with Gasteiger partial charge in [-0.15, -0.1) is 12.4 Å². The molecule has 134 valence electrons. The van der Waals surface area contributed by atoms with Crippen LogP contribution in [-0.2, 0) is 21.9 Å². The summed E-state index contributed by atoms with van der Waals surface area (Å²) in [7, 11) is -2.16. The molecule has 0 bridgehead atoms. The van der Waals surface area contributed by atoms with Gasteiger partial charge in [0.2, 0.25) is 15.9 Å². The summed E-state index contributed by atoms with van der Waals surface area (Å²) in [5.41, 5.74) is 5.86. The summed E-state index contributed by atoms with van der Waals surface area (Å²) in [6.07, 6.45) is 0. The number of aromatic nitrogens is 2. The smallest absolute Gasteiger partial charge is 0.244 e. The van der Waals surface area contributed by atoms with Crippen LogP contribution in [0.15, 0.2) is 4.90 Å². The lowest BCUT2D eigenvalue weighted by Crippen LogP contribution is -2.55. The van der Waals surface area contributed by atoms with Crippen molar-refractivity contribution in [1.82, 2.24) is 19.8 Å². The fourth-order valence-corrected chi connectivity index (χ4v) is 3.62. The maximum Gasteiger partial charge on any atom is 0.244 e. The number of rotatable bonds is 6. The van der Waals surface area contributed by atoms with Gasteiger partial charge in [0.15, 0.2) is 0 Å². The van der Waals surface area contributed by atoms with Crippen molar-refractivity contribution in [2.24, 2.45) is 12.8 Å². The molecule has 1 heterocycles. The van der Waals surface area contributed by atoms with Gasteiger partial charge in [0.25, 0.3) is 0 Å². The molecule has 0 aliphatic carbocycles. The van der Waals surface area contributed by atoms with Crippen LogP contribution in [-0.4, -0.2) is 42.2 Å². The fourth-order valence-electron chi connectivity index (χ4n) is 1.98. The molecule has 1 atom stereocenters. The third-order valence-electron chi connectivity index (χ3n) is 3.41. The van der Waals surface area contributed by atoms with Crippen LogP contribution in [0.1, 0.15) is 32.2 Å². The molecule has 0 aliphatic heterocycles. The first-order valence-corrected chi connectivity index (χ1v) is 8.44. The molecule has 0 radical (unpaired) electrons. The lowest BCUT2D eigenvalue weighted by Gasteiger charge is -2.26. The molecule has 1 aromatic rings. The molecular weight excluding hydrogens is 342 g/mol. The van der Waals surface area contributed by atoms with Crippen molar-refractivity contribution in [2.45, 2.75) is 51.1 Å². The highest BCUT2D eigenvalue weighted by Crippen LogP contribution is 2.18. The number of hydrogen-bond acceptors (Lipinski definition) is 5. The van der Waals surface area contributed by atoms with Crippen LogP contribution in [0.2, 0.25) is 0 Å². The number of hydrogen-bond donors (Lipinski definition) is 3. The van der Waals surface area contributed by atoms with E-state index in [1.165, 1.54) is 11.6 Å². The second kappa shape index (κ2) is 7.61. The van der Waals surface area contributed by atoms with E-state index in [9.17, 15) is 13.2 Å². The van der Waals surface area contributed by atoms with E-state index in [1.807, 2.05) is 0 Å². The van der Waals surface area contributed by atoms with Crippen LogP contribution in [0.5, 0.6) is 0 Å². The predicted molar refractivity (Wildman–Crippen MR) is 91.0 cm³/mol. The van der Waals surface area contributed by atoms with Gasteiger partial charge in [-0.05, 0) is 34.6 Å². The van der Waals surface area contributed by atoms with Crippen LogP contribution in [0, 0.1) is 13.8 Å². The Morgan fingerprint density at radius 1 is 1.39 bits per heavy atom. The van der Waals surface area contributed by atoms with Crippen molar-refractivity contribution in [1.29, 1.82) is 0 Å². The Kier molecular flexibility index (Phi) is 7.22. The number of amides is 1. The molecule has 1 rings (SSSR count). The van der Waals surface area contributed by atoms with E-state index in [0.29, 0.717) is 11.4 Å². The molecule has 1 aromatic heterocycles. The normalized spacial score (nSPS) is 13.3. The Morgan fingerprint density at radius 3 is 2.30 bits per heavy atom. The number of carbonyl (C=O) groups is 1. The SMILES string of the molecule is Cc1nn(C)c(C)c1S(=O)(=O)NC(C)C(=O)NC(C)(C)CN.Cl. The van der Waals surface area contributed by atoms with Gasteiger partial charge in [-0.3, -0.25) is 9.48 Å². The molecule has 8 nitrogen and oxygen atoms in total. The lowest BCUT2D eigenvalue weighted by molar-refractivity contribution is -0.123. The Balaban J connectivity index is 0.00000484. The second-order valence-corrected chi connectivity index (χ2v) is 7.69. The van der Waals surface area contributed by atoms with Gasteiger partial charge in [-0.25, -0.2) is 8.42 Å². The number of nitrogens with two attached hydrogens (primary N) is 1. The number of halogens is 1. The van der Waals surface area contributed by atoms with Gasteiger partial charge in [-0.2, -0.15) is 9.82 Å². The van der Waals surface area contributed by atoms with E-state index >= 15 is 0 Å². The predicted octanol–water partition coefficient (Wildman–Crippen LogP) is -0.0210. The quantitative estimate of drug-likeness (QED) is 0.652. The fraction of sp³-hybridized carbons (Fsp3) is 0.692. The molecule has 4 N–H and O–H groups in total. The molecule has 0 fully saturated rings. The summed E-state index contributed by atoms with van der Waals surface area (Å²) < 4.78 is 28.8. The minimum Gasteiger partial charge on any atom is -0.349 e. The maximum absolute atomic E-state index is 12.5. The van der Waals surface area contributed by atoms with Crippen LogP contribution in [0.4, 0.5) is 0 Å². The Hall–Kier alpha value is -1.16. The number of nitrogens with zero attached hydrogens (tertiary/aromatic N) is 2. The van der Waals surface area contributed by atoms with E-state index in [0.717, 1.165) is 0 Å². The lowest BCUT2D eigenvalue weighted by atomic mass is 10.1. The third kappa shape index (κ3) is 5.17. The zero-order valence-corrected chi connectivity index (χ0v) is 15.9. The number of nitrogens with one attached hydrogen (secondary N) is 2. The monoisotopic (exact) mass is 367 g/mol. The summed E-state index contributed by atoms with van der Waals surface area (Å²) in [6.45, 7) is 8.54. The summed E-state index contributed by atoms with van der Waals surface area (Å²) in [6, 6.07) is -0.921. The van der Waals surface area contributed by atoms with Gasteiger partial charge >= 0.3 is 0 Å². The van der Waals surface area contributed by atoms with E-state index < -0.39 is 27.5 Å². The molecule has 23 heavy (non-hydrogen) atoms. The van der Waals surface area contributed by atoms with Crippen molar-refractivity contribution >= 4 is 28.3 Å². The Bertz CT molecular complexity index is 669. The zero-order valence-electron chi connectivity index (χ0n) is 14.3. The minimum atomic E-state index is -3.83. The van der Waals surface area contributed by atoms with Crippen LogP contribution < -0.4 is 15.8 Å². The van der Waals surface area contributed by atoms with Gasteiger partial charge in [0, 0.05) is 19.1 Å². The van der Waals surface area contributed by atoms with Gasteiger partial charge in [-0.1, -0.05) is 0 Å².